The molecule has 4 aromatic rings. The zero-order valence-electron chi connectivity index (χ0n) is 14.3. The zero-order valence-corrected chi connectivity index (χ0v) is 14.3. The van der Waals surface area contributed by atoms with Gasteiger partial charge in [0.05, 0.1) is 0 Å². The van der Waals surface area contributed by atoms with Crippen molar-refractivity contribution >= 4 is 10.9 Å². The number of hydrogen-bond acceptors (Lipinski definition) is 1. The van der Waals surface area contributed by atoms with Crippen molar-refractivity contribution in [3.05, 3.63) is 90.6 Å². The van der Waals surface area contributed by atoms with Gasteiger partial charge in [0.1, 0.15) is 5.75 Å². The Kier molecular flexibility index (Phi) is 4.36. The van der Waals surface area contributed by atoms with Crippen LogP contribution in [0.4, 0.5) is 13.2 Å². The first kappa shape index (κ1) is 17.2. The van der Waals surface area contributed by atoms with Crippen molar-refractivity contribution in [3.63, 3.8) is 0 Å². The summed E-state index contributed by atoms with van der Waals surface area (Å²) in [7, 11) is 0. The quantitative estimate of drug-likeness (QED) is 0.415. The summed E-state index contributed by atoms with van der Waals surface area (Å²) in [5.74, 6) is -0.222. The lowest BCUT2D eigenvalue weighted by atomic mass is 10.0. The third-order valence-electron chi connectivity index (χ3n) is 4.39. The van der Waals surface area contributed by atoms with Gasteiger partial charge in [0.25, 0.3) is 0 Å². The van der Waals surface area contributed by atoms with Crippen molar-refractivity contribution in [2.45, 2.75) is 12.9 Å². The molecule has 0 saturated heterocycles. The number of hydrogen-bond donors (Lipinski definition) is 0. The minimum Gasteiger partial charge on any atom is -0.406 e. The van der Waals surface area contributed by atoms with Gasteiger partial charge < -0.3 is 9.30 Å². The van der Waals surface area contributed by atoms with Gasteiger partial charge in [0.2, 0.25) is 0 Å². The summed E-state index contributed by atoms with van der Waals surface area (Å²) in [6, 6.07) is 24.2. The molecule has 1 heterocycles. The molecular formula is C22H16F3NO. The summed E-state index contributed by atoms with van der Waals surface area (Å²) in [6.07, 6.45) is -2.64. The summed E-state index contributed by atoms with van der Waals surface area (Å²) in [6.45, 7) is 0.756. The van der Waals surface area contributed by atoms with Gasteiger partial charge in [-0.25, -0.2) is 0 Å². The Bertz CT molecular complexity index is 1050. The van der Waals surface area contributed by atoms with Crippen molar-refractivity contribution in [3.8, 4) is 16.9 Å². The molecule has 0 aliphatic rings. The number of benzene rings is 3. The van der Waals surface area contributed by atoms with E-state index < -0.39 is 6.36 Å². The molecule has 3 aromatic carbocycles. The molecule has 0 aliphatic heterocycles. The van der Waals surface area contributed by atoms with Crippen molar-refractivity contribution in [1.82, 2.24) is 4.57 Å². The highest BCUT2D eigenvalue weighted by atomic mass is 19.4. The Morgan fingerprint density at radius 1 is 0.778 bits per heavy atom. The maximum Gasteiger partial charge on any atom is 0.573 e. The Morgan fingerprint density at radius 2 is 1.48 bits per heavy atom. The Hall–Kier alpha value is -3.21. The van der Waals surface area contributed by atoms with Gasteiger partial charge in [-0.2, -0.15) is 0 Å². The molecule has 0 radical (unpaired) electrons. The van der Waals surface area contributed by atoms with Crippen molar-refractivity contribution < 1.29 is 17.9 Å². The normalized spacial score (nSPS) is 11.7. The molecule has 27 heavy (non-hydrogen) atoms. The zero-order chi connectivity index (χ0) is 18.9. The number of alkyl halides is 3. The van der Waals surface area contributed by atoms with Gasteiger partial charge in [0.15, 0.2) is 0 Å². The van der Waals surface area contributed by atoms with E-state index in [4.69, 9.17) is 0 Å². The standard InChI is InChI=1S/C22H16F3NO/c23-22(24,25)27-20-10-8-17(9-11-20)19-7-6-18-12-13-26(21(18)14-19)15-16-4-2-1-3-5-16/h1-14H,15H2. The van der Waals surface area contributed by atoms with E-state index >= 15 is 0 Å². The maximum absolute atomic E-state index is 12.3. The molecule has 0 fully saturated rings. The van der Waals surface area contributed by atoms with Crippen LogP contribution in [-0.4, -0.2) is 10.9 Å². The van der Waals surface area contributed by atoms with Crippen LogP contribution in [0.5, 0.6) is 5.75 Å². The summed E-state index contributed by atoms with van der Waals surface area (Å²) >= 11 is 0. The molecule has 0 N–H and O–H groups in total. The van der Waals surface area contributed by atoms with Gasteiger partial charge in [-0.15, -0.1) is 13.2 Å². The predicted molar refractivity (Wildman–Crippen MR) is 99.6 cm³/mol. The highest BCUT2D eigenvalue weighted by molar-refractivity contribution is 5.85. The molecule has 4 rings (SSSR count). The first-order chi connectivity index (χ1) is 13.0. The van der Waals surface area contributed by atoms with Crippen LogP contribution in [0.15, 0.2) is 85.1 Å². The summed E-state index contributed by atoms with van der Waals surface area (Å²) in [5.41, 5.74) is 4.05. The second-order valence-electron chi connectivity index (χ2n) is 6.28. The van der Waals surface area contributed by atoms with Crippen LogP contribution >= 0.6 is 0 Å². The first-order valence-corrected chi connectivity index (χ1v) is 8.47. The molecule has 5 heteroatoms. The lowest BCUT2D eigenvalue weighted by molar-refractivity contribution is -0.274. The van der Waals surface area contributed by atoms with Crippen molar-refractivity contribution in [1.29, 1.82) is 0 Å². The molecule has 0 saturated carbocycles. The van der Waals surface area contributed by atoms with E-state index in [1.54, 1.807) is 12.1 Å². The monoisotopic (exact) mass is 367 g/mol. The van der Waals surface area contributed by atoms with Gasteiger partial charge >= 0.3 is 6.36 Å². The number of halogens is 3. The van der Waals surface area contributed by atoms with Crippen LogP contribution in [0.25, 0.3) is 22.0 Å². The second kappa shape index (κ2) is 6.83. The van der Waals surface area contributed by atoms with E-state index in [0.717, 1.165) is 28.6 Å². The average Bonchev–Trinajstić information content (AvgIpc) is 3.04. The number of aromatic nitrogens is 1. The average molecular weight is 367 g/mol. The number of rotatable bonds is 4. The van der Waals surface area contributed by atoms with Gasteiger partial charge in [-0.05, 0) is 46.3 Å². The topological polar surface area (TPSA) is 14.2 Å². The lowest BCUT2D eigenvalue weighted by Crippen LogP contribution is -2.16. The molecule has 0 aliphatic carbocycles. The van der Waals surface area contributed by atoms with E-state index in [9.17, 15) is 13.2 Å². The lowest BCUT2D eigenvalue weighted by Gasteiger charge is -2.10. The largest absolute Gasteiger partial charge is 0.573 e. The van der Waals surface area contributed by atoms with Gasteiger partial charge in [-0.1, -0.05) is 54.6 Å². The van der Waals surface area contributed by atoms with Crippen molar-refractivity contribution in [2.75, 3.05) is 0 Å². The molecule has 0 unspecified atom stereocenters. The Morgan fingerprint density at radius 3 is 2.19 bits per heavy atom. The van der Waals surface area contributed by atoms with Crippen LogP contribution in [0.1, 0.15) is 5.56 Å². The first-order valence-electron chi connectivity index (χ1n) is 8.47. The number of ether oxygens (including phenoxy) is 1. The number of fused-ring (bicyclic) bond motifs is 1. The van der Waals surface area contributed by atoms with Crippen LogP contribution in [0.2, 0.25) is 0 Å². The van der Waals surface area contributed by atoms with Gasteiger partial charge in [0, 0.05) is 18.3 Å². The minimum atomic E-state index is -4.68. The molecular weight excluding hydrogens is 351 g/mol. The SMILES string of the molecule is FC(F)(F)Oc1ccc(-c2ccc3ccn(Cc4ccccc4)c3c2)cc1. The molecule has 2 nitrogen and oxygen atoms in total. The third kappa shape index (κ3) is 3.97. The van der Waals surface area contributed by atoms with E-state index in [1.807, 2.05) is 36.5 Å². The minimum absolute atomic E-state index is 0.222. The maximum atomic E-state index is 12.3. The van der Waals surface area contributed by atoms with Gasteiger partial charge in [-0.3, -0.25) is 0 Å². The van der Waals surface area contributed by atoms with Crippen LogP contribution in [0, 0.1) is 0 Å². The highest BCUT2D eigenvalue weighted by Gasteiger charge is 2.30. The Balaban J connectivity index is 1.64. The van der Waals surface area contributed by atoms with Crippen LogP contribution in [0.3, 0.4) is 0 Å². The molecule has 0 bridgehead atoms. The molecule has 0 spiro atoms. The van der Waals surface area contributed by atoms with Crippen LogP contribution < -0.4 is 4.74 Å². The van der Waals surface area contributed by atoms with E-state index in [1.165, 1.54) is 17.7 Å². The van der Waals surface area contributed by atoms with E-state index in [-0.39, 0.29) is 5.75 Å². The molecule has 0 amide bonds. The molecule has 136 valence electrons. The van der Waals surface area contributed by atoms with E-state index in [2.05, 4.69) is 33.6 Å². The second-order valence-corrected chi connectivity index (χ2v) is 6.28. The fourth-order valence-electron chi connectivity index (χ4n) is 3.13. The molecule has 1 aromatic heterocycles. The summed E-state index contributed by atoms with van der Waals surface area (Å²) < 4.78 is 43.0. The fraction of sp³-hybridized carbons (Fsp3) is 0.0909. The smallest absolute Gasteiger partial charge is 0.406 e. The van der Waals surface area contributed by atoms with E-state index in [0.29, 0.717) is 0 Å². The molecule has 0 atom stereocenters. The fourth-order valence-corrected chi connectivity index (χ4v) is 3.13. The van der Waals surface area contributed by atoms with Crippen molar-refractivity contribution in [2.24, 2.45) is 0 Å². The van der Waals surface area contributed by atoms with Crippen LogP contribution in [-0.2, 0) is 6.54 Å². The third-order valence-corrected chi connectivity index (χ3v) is 4.39. The number of nitrogens with zero attached hydrogens (tertiary/aromatic N) is 1. The summed E-state index contributed by atoms with van der Waals surface area (Å²) in [5, 5.41) is 1.12. The predicted octanol–water partition coefficient (Wildman–Crippen LogP) is 6.26. The highest BCUT2D eigenvalue weighted by Crippen LogP contribution is 2.29. The Labute approximate surface area is 154 Å². The summed E-state index contributed by atoms with van der Waals surface area (Å²) in [4.78, 5) is 0.